The summed E-state index contributed by atoms with van der Waals surface area (Å²) in [5.41, 5.74) is 4.19. The third kappa shape index (κ3) is 1.32. The fourth-order valence-electron chi connectivity index (χ4n) is 1.75. The van der Waals surface area contributed by atoms with Crippen LogP contribution in [0.3, 0.4) is 0 Å². The average Bonchev–Trinajstić information content (AvgIpc) is 2.65. The molecule has 0 aromatic heterocycles. The van der Waals surface area contributed by atoms with Crippen LogP contribution in [0, 0.1) is 5.92 Å². The number of hydrogen-bond acceptors (Lipinski definition) is 3. The summed E-state index contributed by atoms with van der Waals surface area (Å²) in [5.74, 6) is 0.676. The summed E-state index contributed by atoms with van der Waals surface area (Å²) in [6, 6.07) is 0. The minimum atomic E-state index is 0.560. The lowest BCUT2D eigenvalue weighted by molar-refractivity contribution is 0.0793. The van der Waals surface area contributed by atoms with Gasteiger partial charge >= 0.3 is 0 Å². The molecule has 0 aliphatic carbocycles. The molecule has 1 fully saturated rings. The van der Waals surface area contributed by atoms with Gasteiger partial charge in [-0.05, 0) is 6.42 Å². The summed E-state index contributed by atoms with van der Waals surface area (Å²) >= 11 is 0. The second kappa shape index (κ2) is 3.19. The molecule has 12 heavy (non-hydrogen) atoms. The lowest BCUT2D eigenvalue weighted by Crippen LogP contribution is -2.20. The predicted molar refractivity (Wildman–Crippen MR) is 47.0 cm³/mol. The van der Waals surface area contributed by atoms with E-state index in [0.717, 1.165) is 0 Å². The van der Waals surface area contributed by atoms with Crippen molar-refractivity contribution < 1.29 is 4.84 Å². The highest BCUT2D eigenvalue weighted by molar-refractivity contribution is 5.14. The molecule has 2 aliphatic heterocycles. The van der Waals surface area contributed by atoms with Crippen molar-refractivity contribution in [1.29, 1.82) is 0 Å². The second-order valence-electron chi connectivity index (χ2n) is 3.27. The molecule has 0 spiro atoms. The summed E-state index contributed by atoms with van der Waals surface area (Å²) in [6.07, 6.45) is 5.15. The van der Waals surface area contributed by atoms with Gasteiger partial charge in [-0.3, -0.25) is 10.3 Å². The zero-order valence-electron chi connectivity index (χ0n) is 7.12. The molecule has 0 radical (unpaired) electrons. The van der Waals surface area contributed by atoms with Crippen molar-refractivity contribution in [2.45, 2.75) is 6.42 Å². The summed E-state index contributed by atoms with van der Waals surface area (Å²) in [6.45, 7) is 6.51. The molecular weight excluding hydrogens is 152 g/mol. The number of nitrogens with one attached hydrogen (secondary N) is 1. The van der Waals surface area contributed by atoms with Crippen LogP contribution in [0.1, 0.15) is 6.42 Å². The predicted octanol–water partition coefficient (Wildman–Crippen LogP) is 0.871. The van der Waals surface area contributed by atoms with E-state index in [1.807, 2.05) is 0 Å². The molecule has 0 aromatic rings. The highest BCUT2D eigenvalue weighted by Crippen LogP contribution is 2.29. The van der Waals surface area contributed by atoms with Crippen LogP contribution in [0.2, 0.25) is 0 Å². The Labute approximate surface area is 72.6 Å². The summed E-state index contributed by atoms with van der Waals surface area (Å²) in [5, 5.41) is 0. The van der Waals surface area contributed by atoms with E-state index in [0.29, 0.717) is 12.5 Å². The lowest BCUT2D eigenvalue weighted by Gasteiger charge is -2.14. The SMILES string of the molecule is C=CCONC1=CN2CCC1C2. The van der Waals surface area contributed by atoms with Crippen LogP contribution in [0.15, 0.2) is 24.6 Å². The minimum Gasteiger partial charge on any atom is -0.375 e. The van der Waals surface area contributed by atoms with Crippen LogP contribution in [0.4, 0.5) is 0 Å². The molecule has 0 saturated carbocycles. The van der Waals surface area contributed by atoms with Crippen LogP contribution in [0.25, 0.3) is 0 Å². The maximum Gasteiger partial charge on any atom is 0.0924 e. The molecular formula is C9H14N2O. The molecule has 1 unspecified atom stereocenters. The van der Waals surface area contributed by atoms with Gasteiger partial charge in [-0.2, -0.15) is 0 Å². The zero-order valence-corrected chi connectivity index (χ0v) is 7.12. The van der Waals surface area contributed by atoms with Crippen molar-refractivity contribution in [1.82, 2.24) is 10.4 Å². The molecule has 1 atom stereocenters. The molecule has 3 heteroatoms. The number of hydrogen-bond donors (Lipinski definition) is 1. The Hall–Kier alpha value is -0.960. The highest BCUT2D eigenvalue weighted by Gasteiger charge is 2.30. The van der Waals surface area contributed by atoms with Gasteiger partial charge in [-0.1, -0.05) is 6.08 Å². The largest absolute Gasteiger partial charge is 0.375 e. The van der Waals surface area contributed by atoms with Gasteiger partial charge in [0.05, 0.1) is 12.3 Å². The molecule has 2 heterocycles. The van der Waals surface area contributed by atoms with Crippen molar-refractivity contribution in [3.05, 3.63) is 24.6 Å². The molecule has 2 rings (SSSR count). The number of nitrogens with zero attached hydrogens (tertiary/aromatic N) is 1. The summed E-state index contributed by atoms with van der Waals surface area (Å²) in [7, 11) is 0. The molecule has 2 aliphatic rings. The van der Waals surface area contributed by atoms with Crippen molar-refractivity contribution >= 4 is 0 Å². The summed E-state index contributed by atoms with van der Waals surface area (Å²) < 4.78 is 0. The number of fused-ring (bicyclic) bond motifs is 2. The Morgan fingerprint density at radius 3 is 3.33 bits per heavy atom. The lowest BCUT2D eigenvalue weighted by atomic mass is 10.1. The molecule has 0 amide bonds. The van der Waals surface area contributed by atoms with Crippen LogP contribution < -0.4 is 5.48 Å². The van der Waals surface area contributed by atoms with Gasteiger partial charge in [0.1, 0.15) is 0 Å². The molecule has 66 valence electrons. The first-order valence-corrected chi connectivity index (χ1v) is 4.34. The van der Waals surface area contributed by atoms with Crippen molar-refractivity contribution in [2.24, 2.45) is 5.92 Å². The Kier molecular flexibility index (Phi) is 2.04. The van der Waals surface area contributed by atoms with Crippen LogP contribution in [0.5, 0.6) is 0 Å². The zero-order chi connectivity index (χ0) is 8.39. The Balaban J connectivity index is 1.81. The maximum absolute atomic E-state index is 5.16. The van der Waals surface area contributed by atoms with E-state index >= 15 is 0 Å². The standard InChI is InChI=1S/C9H14N2O/c1-2-5-12-10-9-7-11-4-3-8(9)6-11/h2,7-8,10H,1,3-6H2. The Bertz CT molecular complexity index is 213. The van der Waals surface area contributed by atoms with Gasteiger partial charge in [-0.15, -0.1) is 6.58 Å². The van der Waals surface area contributed by atoms with E-state index in [-0.39, 0.29) is 0 Å². The summed E-state index contributed by atoms with van der Waals surface area (Å²) in [4.78, 5) is 7.48. The number of rotatable bonds is 4. The maximum atomic E-state index is 5.16. The van der Waals surface area contributed by atoms with E-state index in [2.05, 4.69) is 23.2 Å². The van der Waals surface area contributed by atoms with E-state index in [1.165, 1.54) is 25.2 Å². The Morgan fingerprint density at radius 1 is 1.83 bits per heavy atom. The smallest absolute Gasteiger partial charge is 0.0924 e. The third-order valence-electron chi connectivity index (χ3n) is 2.37. The van der Waals surface area contributed by atoms with Crippen molar-refractivity contribution in [3.8, 4) is 0 Å². The molecule has 1 N–H and O–H groups in total. The van der Waals surface area contributed by atoms with E-state index in [9.17, 15) is 0 Å². The molecule has 1 saturated heterocycles. The average molecular weight is 166 g/mol. The molecule has 0 aromatic carbocycles. The van der Waals surface area contributed by atoms with Gasteiger partial charge in [0.15, 0.2) is 0 Å². The second-order valence-corrected chi connectivity index (χ2v) is 3.27. The highest BCUT2D eigenvalue weighted by atomic mass is 16.6. The third-order valence-corrected chi connectivity index (χ3v) is 2.37. The topological polar surface area (TPSA) is 24.5 Å². The molecule has 2 bridgehead atoms. The van der Waals surface area contributed by atoms with Gasteiger partial charge in [0.2, 0.25) is 0 Å². The fraction of sp³-hybridized carbons (Fsp3) is 0.556. The van der Waals surface area contributed by atoms with Gasteiger partial charge in [0.25, 0.3) is 0 Å². The van der Waals surface area contributed by atoms with Gasteiger partial charge in [0, 0.05) is 25.2 Å². The fourth-order valence-corrected chi connectivity index (χ4v) is 1.75. The quantitative estimate of drug-likeness (QED) is 0.381. The number of hydroxylamine groups is 1. The van der Waals surface area contributed by atoms with E-state index in [4.69, 9.17) is 4.84 Å². The molecule has 3 nitrogen and oxygen atoms in total. The van der Waals surface area contributed by atoms with Crippen molar-refractivity contribution in [2.75, 3.05) is 19.7 Å². The first-order chi connectivity index (χ1) is 5.90. The monoisotopic (exact) mass is 166 g/mol. The van der Waals surface area contributed by atoms with E-state index < -0.39 is 0 Å². The van der Waals surface area contributed by atoms with Gasteiger partial charge in [-0.25, -0.2) is 0 Å². The van der Waals surface area contributed by atoms with Crippen LogP contribution >= 0.6 is 0 Å². The first kappa shape index (κ1) is 7.68. The van der Waals surface area contributed by atoms with Crippen LogP contribution in [-0.4, -0.2) is 24.6 Å². The Morgan fingerprint density at radius 2 is 2.75 bits per heavy atom. The first-order valence-electron chi connectivity index (χ1n) is 4.34. The van der Waals surface area contributed by atoms with Gasteiger partial charge < -0.3 is 4.90 Å². The minimum absolute atomic E-state index is 0.560. The van der Waals surface area contributed by atoms with E-state index in [1.54, 1.807) is 6.08 Å². The van der Waals surface area contributed by atoms with Crippen LogP contribution in [-0.2, 0) is 4.84 Å². The normalized spacial score (nSPS) is 25.8. The van der Waals surface area contributed by atoms with Crippen molar-refractivity contribution in [3.63, 3.8) is 0 Å².